The van der Waals surface area contributed by atoms with Crippen LogP contribution < -0.4 is 5.32 Å². The van der Waals surface area contributed by atoms with Crippen molar-refractivity contribution < 1.29 is 0 Å². The molecular formula is C16H27N3S. The Morgan fingerprint density at radius 2 is 2.25 bits per heavy atom. The van der Waals surface area contributed by atoms with Gasteiger partial charge in [-0.25, -0.2) is 0 Å². The van der Waals surface area contributed by atoms with Gasteiger partial charge in [0.2, 0.25) is 0 Å². The quantitative estimate of drug-likeness (QED) is 0.720. The first-order valence-corrected chi connectivity index (χ1v) is 8.66. The number of hydrogen-bond donors (Lipinski definition) is 1. The van der Waals surface area contributed by atoms with Crippen LogP contribution in [0.3, 0.4) is 0 Å². The lowest BCUT2D eigenvalue weighted by Gasteiger charge is -2.13. The normalized spacial score (nSPS) is 23.6. The molecule has 0 amide bonds. The fourth-order valence-electron chi connectivity index (χ4n) is 2.65. The van der Waals surface area contributed by atoms with E-state index in [2.05, 4.69) is 36.1 Å². The van der Waals surface area contributed by atoms with Crippen LogP contribution in [0.25, 0.3) is 0 Å². The molecule has 0 aromatic rings. The lowest BCUT2D eigenvalue weighted by molar-refractivity contribution is 0.378. The maximum Gasteiger partial charge on any atom is 0.141 e. The van der Waals surface area contributed by atoms with Crippen molar-refractivity contribution in [1.82, 2.24) is 10.3 Å². The van der Waals surface area contributed by atoms with Crippen LogP contribution in [-0.2, 0) is 0 Å². The summed E-state index contributed by atoms with van der Waals surface area (Å²) in [7, 11) is 2.03. The molecule has 0 spiro atoms. The van der Waals surface area contributed by atoms with Crippen LogP contribution in [0.2, 0.25) is 0 Å². The highest BCUT2D eigenvalue weighted by Gasteiger charge is 2.24. The summed E-state index contributed by atoms with van der Waals surface area (Å²) in [5.41, 5.74) is 0.986. The van der Waals surface area contributed by atoms with Gasteiger partial charge in [0.25, 0.3) is 0 Å². The molecule has 0 radical (unpaired) electrons. The monoisotopic (exact) mass is 293 g/mol. The number of nitrogens with one attached hydrogen (secondary N) is 1. The van der Waals surface area contributed by atoms with E-state index in [9.17, 15) is 0 Å². The van der Waals surface area contributed by atoms with Crippen molar-refractivity contribution in [3.8, 4) is 0 Å². The summed E-state index contributed by atoms with van der Waals surface area (Å²) in [6.07, 6.45) is 12.3. The third-order valence-corrected chi connectivity index (χ3v) is 5.20. The summed E-state index contributed by atoms with van der Waals surface area (Å²) in [5.74, 6) is 0.830. The second-order valence-corrected chi connectivity index (χ2v) is 6.82. The van der Waals surface area contributed by atoms with Crippen LogP contribution in [0, 0.1) is 5.92 Å². The van der Waals surface area contributed by atoms with Crippen molar-refractivity contribution in [2.24, 2.45) is 11.0 Å². The molecule has 2 rings (SSSR count). The highest BCUT2D eigenvalue weighted by atomic mass is 32.2. The van der Waals surface area contributed by atoms with Crippen molar-refractivity contribution in [2.45, 2.75) is 50.8 Å². The Labute approximate surface area is 127 Å². The molecular weight excluding hydrogens is 266 g/mol. The topological polar surface area (TPSA) is 27.6 Å². The second-order valence-electron chi connectivity index (χ2n) is 5.71. The summed E-state index contributed by atoms with van der Waals surface area (Å²) in [6.45, 7) is 7.40. The third-order valence-electron chi connectivity index (χ3n) is 3.94. The SMILES string of the molecule is C=C(NCC1CCCC1)C1=NN(C)C(/C=C\CCC)S1. The van der Waals surface area contributed by atoms with Crippen LogP contribution in [0.4, 0.5) is 0 Å². The van der Waals surface area contributed by atoms with Crippen molar-refractivity contribution in [2.75, 3.05) is 13.6 Å². The van der Waals surface area contributed by atoms with Gasteiger partial charge in [-0.2, -0.15) is 5.10 Å². The van der Waals surface area contributed by atoms with E-state index in [1.54, 1.807) is 11.8 Å². The fraction of sp³-hybridized carbons (Fsp3) is 0.688. The minimum absolute atomic E-state index is 0.321. The molecule has 0 bridgehead atoms. The highest BCUT2D eigenvalue weighted by molar-refractivity contribution is 8.15. The van der Waals surface area contributed by atoms with E-state index in [0.717, 1.165) is 29.6 Å². The van der Waals surface area contributed by atoms with Crippen LogP contribution in [0.1, 0.15) is 45.4 Å². The van der Waals surface area contributed by atoms with Crippen molar-refractivity contribution in [1.29, 1.82) is 0 Å². The lowest BCUT2D eigenvalue weighted by Crippen LogP contribution is -2.23. The number of nitrogens with zero attached hydrogens (tertiary/aromatic N) is 2. The Balaban J connectivity index is 1.77. The van der Waals surface area contributed by atoms with Crippen LogP contribution in [-0.4, -0.2) is 29.0 Å². The number of allylic oxidation sites excluding steroid dienone is 1. The zero-order valence-corrected chi connectivity index (χ0v) is 13.6. The summed E-state index contributed by atoms with van der Waals surface area (Å²) < 4.78 is 0. The Hall–Kier alpha value is -0.900. The molecule has 1 aliphatic heterocycles. The average molecular weight is 293 g/mol. The smallest absolute Gasteiger partial charge is 0.141 e. The molecule has 1 atom stereocenters. The zero-order valence-electron chi connectivity index (χ0n) is 12.8. The van der Waals surface area contributed by atoms with E-state index in [0.29, 0.717) is 5.37 Å². The molecule has 2 aliphatic rings. The highest BCUT2D eigenvalue weighted by Crippen LogP contribution is 2.29. The molecule has 20 heavy (non-hydrogen) atoms. The second kappa shape index (κ2) is 7.77. The summed E-state index contributed by atoms with van der Waals surface area (Å²) in [6, 6.07) is 0. The van der Waals surface area contributed by atoms with Gasteiger partial charge in [0.05, 0.1) is 5.70 Å². The molecule has 1 aliphatic carbocycles. The molecule has 1 N–H and O–H groups in total. The van der Waals surface area contributed by atoms with Gasteiger partial charge < -0.3 is 5.32 Å². The van der Waals surface area contributed by atoms with E-state index >= 15 is 0 Å². The molecule has 112 valence electrons. The number of unbranched alkanes of at least 4 members (excludes halogenated alkanes) is 1. The summed E-state index contributed by atoms with van der Waals surface area (Å²) in [4.78, 5) is 0. The van der Waals surface area contributed by atoms with Gasteiger partial charge in [0.1, 0.15) is 10.4 Å². The molecule has 3 nitrogen and oxygen atoms in total. The Morgan fingerprint density at radius 1 is 1.50 bits per heavy atom. The number of likely N-dealkylation sites (N-methyl/N-ethyl adjacent to an activating group) is 1. The lowest BCUT2D eigenvalue weighted by atomic mass is 10.1. The molecule has 1 fully saturated rings. The fourth-order valence-corrected chi connectivity index (χ4v) is 3.66. The maximum atomic E-state index is 4.59. The van der Waals surface area contributed by atoms with Gasteiger partial charge in [-0.1, -0.05) is 56.7 Å². The van der Waals surface area contributed by atoms with Crippen LogP contribution >= 0.6 is 11.8 Å². The largest absolute Gasteiger partial charge is 0.383 e. The van der Waals surface area contributed by atoms with E-state index in [1.165, 1.54) is 32.1 Å². The first kappa shape index (κ1) is 15.5. The van der Waals surface area contributed by atoms with Gasteiger partial charge >= 0.3 is 0 Å². The Kier molecular flexibility index (Phi) is 6.02. The van der Waals surface area contributed by atoms with Gasteiger partial charge in [-0.05, 0) is 25.2 Å². The number of rotatable bonds is 7. The van der Waals surface area contributed by atoms with E-state index in [-0.39, 0.29) is 0 Å². The number of hydrazone groups is 1. The third kappa shape index (κ3) is 4.30. The van der Waals surface area contributed by atoms with Gasteiger partial charge in [0, 0.05) is 13.6 Å². The van der Waals surface area contributed by atoms with E-state index < -0.39 is 0 Å². The first-order valence-electron chi connectivity index (χ1n) is 7.78. The number of hydrogen-bond acceptors (Lipinski definition) is 4. The minimum Gasteiger partial charge on any atom is -0.383 e. The van der Waals surface area contributed by atoms with Crippen LogP contribution in [0.5, 0.6) is 0 Å². The summed E-state index contributed by atoms with van der Waals surface area (Å²) in [5, 5.41) is 11.5. The predicted octanol–water partition coefficient (Wildman–Crippen LogP) is 3.95. The molecule has 1 saturated carbocycles. The molecule has 0 aromatic heterocycles. The predicted molar refractivity (Wildman–Crippen MR) is 89.7 cm³/mol. The Bertz CT molecular complexity index is 383. The van der Waals surface area contributed by atoms with Crippen LogP contribution in [0.15, 0.2) is 29.5 Å². The maximum absolute atomic E-state index is 4.59. The van der Waals surface area contributed by atoms with E-state index in [4.69, 9.17) is 0 Å². The first-order chi connectivity index (χ1) is 9.70. The van der Waals surface area contributed by atoms with Crippen molar-refractivity contribution in [3.05, 3.63) is 24.4 Å². The van der Waals surface area contributed by atoms with Gasteiger partial charge in [-0.15, -0.1) is 0 Å². The standard InChI is InChI=1S/C16H27N3S/c1-4-5-6-11-15-19(3)18-16(20-15)13(2)17-12-14-9-7-8-10-14/h6,11,14-15,17H,2,4-5,7-10,12H2,1,3H3/b11-6-. The number of thioether (sulfide) groups is 1. The summed E-state index contributed by atoms with van der Waals surface area (Å²) >= 11 is 1.79. The van der Waals surface area contributed by atoms with Crippen molar-refractivity contribution in [3.63, 3.8) is 0 Å². The minimum atomic E-state index is 0.321. The van der Waals surface area contributed by atoms with Gasteiger partial charge in [0.15, 0.2) is 0 Å². The molecule has 1 unspecified atom stereocenters. The molecule has 1 heterocycles. The zero-order chi connectivity index (χ0) is 14.4. The van der Waals surface area contributed by atoms with Crippen molar-refractivity contribution >= 4 is 16.8 Å². The van der Waals surface area contributed by atoms with E-state index in [1.807, 2.05) is 12.1 Å². The molecule has 0 aromatic carbocycles. The molecule has 4 heteroatoms. The molecule has 0 saturated heterocycles. The Morgan fingerprint density at radius 3 is 2.95 bits per heavy atom. The van der Waals surface area contributed by atoms with Gasteiger partial charge in [-0.3, -0.25) is 5.01 Å². The average Bonchev–Trinajstić information content (AvgIpc) is 3.07.